The molecule has 2 aromatic carbocycles. The zero-order chi connectivity index (χ0) is 15.0. The number of rotatable bonds is 2. The molecular formula is C15H12Cl2N2O2. The number of anilines is 2. The standard InChI is InChI=1S/C15H12Cl2N2O2/c16-11-3-1-2-9(15(11)17)7-19-12-5-4-10(18)6-13(12)21-8-14(19)20/h1-6H,7-8,18H2. The van der Waals surface area contributed by atoms with Gasteiger partial charge in [0.05, 0.1) is 22.3 Å². The van der Waals surface area contributed by atoms with Gasteiger partial charge in [-0.1, -0.05) is 35.3 Å². The average Bonchev–Trinajstić information content (AvgIpc) is 2.46. The minimum atomic E-state index is -0.136. The van der Waals surface area contributed by atoms with Crippen molar-refractivity contribution in [1.82, 2.24) is 0 Å². The molecular weight excluding hydrogens is 311 g/mol. The maximum Gasteiger partial charge on any atom is 0.265 e. The van der Waals surface area contributed by atoms with Crippen molar-refractivity contribution >= 4 is 40.5 Å². The number of carbonyl (C=O) groups excluding carboxylic acids is 1. The predicted octanol–water partition coefficient (Wildman–Crippen LogP) is 3.50. The van der Waals surface area contributed by atoms with E-state index in [4.69, 9.17) is 33.7 Å². The molecule has 0 fully saturated rings. The predicted molar refractivity (Wildman–Crippen MR) is 84.0 cm³/mol. The van der Waals surface area contributed by atoms with Crippen LogP contribution in [0.5, 0.6) is 5.75 Å². The third kappa shape index (κ3) is 2.64. The molecule has 0 atom stereocenters. The molecule has 4 nitrogen and oxygen atoms in total. The van der Waals surface area contributed by atoms with E-state index in [0.29, 0.717) is 33.7 Å². The number of nitrogen functional groups attached to an aromatic ring is 1. The van der Waals surface area contributed by atoms with Crippen molar-refractivity contribution in [3.8, 4) is 5.75 Å². The Hall–Kier alpha value is -1.91. The molecule has 1 aliphatic rings. The number of amides is 1. The Kier molecular flexibility index (Phi) is 3.66. The van der Waals surface area contributed by atoms with Crippen LogP contribution in [0.3, 0.4) is 0 Å². The smallest absolute Gasteiger partial charge is 0.265 e. The van der Waals surface area contributed by atoms with Gasteiger partial charge in [0.1, 0.15) is 5.75 Å². The van der Waals surface area contributed by atoms with E-state index in [2.05, 4.69) is 0 Å². The molecule has 0 bridgehead atoms. The third-order valence-corrected chi connectivity index (χ3v) is 4.14. The van der Waals surface area contributed by atoms with Gasteiger partial charge < -0.3 is 15.4 Å². The highest BCUT2D eigenvalue weighted by atomic mass is 35.5. The first-order valence-electron chi connectivity index (χ1n) is 6.32. The fourth-order valence-electron chi connectivity index (χ4n) is 2.24. The van der Waals surface area contributed by atoms with E-state index in [0.717, 1.165) is 5.56 Å². The summed E-state index contributed by atoms with van der Waals surface area (Å²) >= 11 is 12.2. The molecule has 0 aromatic heterocycles. The Morgan fingerprint density at radius 3 is 2.86 bits per heavy atom. The second kappa shape index (κ2) is 5.47. The van der Waals surface area contributed by atoms with Gasteiger partial charge in [-0.05, 0) is 23.8 Å². The lowest BCUT2D eigenvalue weighted by atomic mass is 10.1. The minimum Gasteiger partial charge on any atom is -0.481 e. The largest absolute Gasteiger partial charge is 0.481 e. The van der Waals surface area contributed by atoms with Gasteiger partial charge >= 0.3 is 0 Å². The van der Waals surface area contributed by atoms with Crippen LogP contribution >= 0.6 is 23.2 Å². The van der Waals surface area contributed by atoms with Crippen molar-refractivity contribution < 1.29 is 9.53 Å². The summed E-state index contributed by atoms with van der Waals surface area (Å²) in [5.41, 5.74) is 7.78. The topological polar surface area (TPSA) is 55.6 Å². The second-order valence-electron chi connectivity index (χ2n) is 4.71. The van der Waals surface area contributed by atoms with Crippen molar-refractivity contribution in [3.05, 3.63) is 52.0 Å². The molecule has 3 rings (SSSR count). The summed E-state index contributed by atoms with van der Waals surface area (Å²) in [7, 11) is 0. The van der Waals surface area contributed by atoms with E-state index in [-0.39, 0.29) is 12.5 Å². The Morgan fingerprint density at radius 2 is 2.05 bits per heavy atom. The second-order valence-corrected chi connectivity index (χ2v) is 5.49. The van der Waals surface area contributed by atoms with Gasteiger partial charge in [0.25, 0.3) is 5.91 Å². The number of ether oxygens (including phenoxy) is 1. The molecule has 108 valence electrons. The summed E-state index contributed by atoms with van der Waals surface area (Å²) in [5.74, 6) is 0.455. The first-order valence-corrected chi connectivity index (χ1v) is 7.07. The highest BCUT2D eigenvalue weighted by Crippen LogP contribution is 2.36. The Bertz CT molecular complexity index is 719. The first-order chi connectivity index (χ1) is 10.1. The Morgan fingerprint density at radius 1 is 1.24 bits per heavy atom. The van der Waals surface area contributed by atoms with Crippen molar-refractivity contribution in [1.29, 1.82) is 0 Å². The summed E-state index contributed by atoms with van der Waals surface area (Å²) in [6.07, 6.45) is 0. The van der Waals surface area contributed by atoms with Gasteiger partial charge in [-0.15, -0.1) is 0 Å². The van der Waals surface area contributed by atoms with Crippen LogP contribution in [0, 0.1) is 0 Å². The number of nitrogens with two attached hydrogens (primary N) is 1. The quantitative estimate of drug-likeness (QED) is 0.861. The number of hydrogen-bond donors (Lipinski definition) is 1. The molecule has 21 heavy (non-hydrogen) atoms. The van der Waals surface area contributed by atoms with Crippen LogP contribution in [0.25, 0.3) is 0 Å². The fraction of sp³-hybridized carbons (Fsp3) is 0.133. The van der Waals surface area contributed by atoms with Crippen LogP contribution in [0.15, 0.2) is 36.4 Å². The van der Waals surface area contributed by atoms with Crippen LogP contribution in [0.1, 0.15) is 5.56 Å². The zero-order valence-electron chi connectivity index (χ0n) is 11.0. The van der Waals surface area contributed by atoms with Crippen molar-refractivity contribution in [2.24, 2.45) is 0 Å². The van der Waals surface area contributed by atoms with Crippen LogP contribution in [-0.2, 0) is 11.3 Å². The van der Waals surface area contributed by atoms with Gasteiger partial charge in [-0.2, -0.15) is 0 Å². The van der Waals surface area contributed by atoms with E-state index in [1.54, 1.807) is 35.2 Å². The Labute approximate surface area is 132 Å². The summed E-state index contributed by atoms with van der Waals surface area (Å²) in [4.78, 5) is 13.8. The van der Waals surface area contributed by atoms with E-state index >= 15 is 0 Å². The number of halogens is 2. The maximum atomic E-state index is 12.1. The molecule has 0 unspecified atom stereocenters. The zero-order valence-corrected chi connectivity index (χ0v) is 12.5. The molecule has 0 radical (unpaired) electrons. The lowest BCUT2D eigenvalue weighted by Gasteiger charge is -2.30. The molecule has 1 heterocycles. The highest BCUT2D eigenvalue weighted by Gasteiger charge is 2.26. The molecule has 1 aliphatic heterocycles. The van der Waals surface area contributed by atoms with Gasteiger partial charge in [0.2, 0.25) is 0 Å². The van der Waals surface area contributed by atoms with Crippen LogP contribution < -0.4 is 15.4 Å². The minimum absolute atomic E-state index is 0.0192. The number of fused-ring (bicyclic) bond motifs is 1. The Balaban J connectivity index is 1.99. The van der Waals surface area contributed by atoms with Gasteiger partial charge in [0, 0.05) is 11.8 Å². The molecule has 0 saturated heterocycles. The van der Waals surface area contributed by atoms with E-state index in [1.807, 2.05) is 6.07 Å². The molecule has 1 amide bonds. The molecule has 0 aliphatic carbocycles. The first kappa shape index (κ1) is 14.0. The molecule has 0 spiro atoms. The van der Waals surface area contributed by atoms with Crippen LogP contribution in [-0.4, -0.2) is 12.5 Å². The van der Waals surface area contributed by atoms with E-state index in [1.165, 1.54) is 0 Å². The summed E-state index contributed by atoms with van der Waals surface area (Å²) in [5, 5.41) is 0.919. The summed E-state index contributed by atoms with van der Waals surface area (Å²) in [6, 6.07) is 10.6. The third-order valence-electron chi connectivity index (χ3n) is 3.29. The molecule has 0 saturated carbocycles. The average molecular weight is 323 g/mol. The number of carbonyl (C=O) groups is 1. The van der Waals surface area contributed by atoms with Crippen molar-refractivity contribution in [2.75, 3.05) is 17.2 Å². The fourth-order valence-corrected chi connectivity index (χ4v) is 2.62. The molecule has 6 heteroatoms. The highest BCUT2D eigenvalue weighted by molar-refractivity contribution is 6.42. The summed E-state index contributed by atoms with van der Waals surface area (Å²) in [6.45, 7) is 0.313. The monoisotopic (exact) mass is 322 g/mol. The number of nitrogens with zero attached hydrogens (tertiary/aromatic N) is 1. The van der Waals surface area contributed by atoms with Crippen molar-refractivity contribution in [2.45, 2.75) is 6.54 Å². The van der Waals surface area contributed by atoms with Crippen LogP contribution in [0.4, 0.5) is 11.4 Å². The molecule has 2 N–H and O–H groups in total. The maximum absolute atomic E-state index is 12.1. The van der Waals surface area contributed by atoms with Crippen LogP contribution in [0.2, 0.25) is 10.0 Å². The van der Waals surface area contributed by atoms with E-state index in [9.17, 15) is 4.79 Å². The van der Waals surface area contributed by atoms with Crippen molar-refractivity contribution in [3.63, 3.8) is 0 Å². The van der Waals surface area contributed by atoms with Gasteiger partial charge in [0.15, 0.2) is 6.61 Å². The SMILES string of the molecule is Nc1ccc2c(c1)OCC(=O)N2Cc1cccc(Cl)c1Cl. The number of benzene rings is 2. The van der Waals surface area contributed by atoms with E-state index < -0.39 is 0 Å². The summed E-state index contributed by atoms with van der Waals surface area (Å²) < 4.78 is 5.41. The lowest BCUT2D eigenvalue weighted by Crippen LogP contribution is -2.38. The normalized spacial score (nSPS) is 13.8. The van der Waals surface area contributed by atoms with Gasteiger partial charge in [-0.25, -0.2) is 0 Å². The molecule has 2 aromatic rings. The lowest BCUT2D eigenvalue weighted by molar-refractivity contribution is -0.121. The number of hydrogen-bond acceptors (Lipinski definition) is 3. The van der Waals surface area contributed by atoms with Gasteiger partial charge in [-0.3, -0.25) is 4.79 Å².